The van der Waals surface area contributed by atoms with E-state index in [1.54, 1.807) is 0 Å². The van der Waals surface area contributed by atoms with Gasteiger partial charge in [-0.3, -0.25) is 0 Å². The lowest BCUT2D eigenvalue weighted by atomic mass is 10.0. The van der Waals surface area contributed by atoms with Crippen molar-refractivity contribution >= 4 is 10.9 Å². The van der Waals surface area contributed by atoms with Crippen LogP contribution in [0.4, 0.5) is 0 Å². The van der Waals surface area contributed by atoms with Crippen LogP contribution in [0.5, 0.6) is 0 Å². The number of aromatic nitrogens is 1. The molecule has 1 atom stereocenters. The molecule has 1 fully saturated rings. The first-order chi connectivity index (χ1) is 7.45. The van der Waals surface area contributed by atoms with E-state index in [0.29, 0.717) is 6.04 Å². The van der Waals surface area contributed by atoms with Gasteiger partial charge in [0.2, 0.25) is 0 Å². The molecule has 0 saturated carbocycles. The van der Waals surface area contributed by atoms with E-state index in [-0.39, 0.29) is 0 Å². The Hall–Kier alpha value is -1.32. The van der Waals surface area contributed by atoms with Gasteiger partial charge < -0.3 is 15.0 Å². The standard InChI is InChI=1S/C12H14N2O/c1-2-9(12-8-15-7-6-14-12)10-4-5-13-11(10)3-1/h1-5,12-14H,6-8H2. The van der Waals surface area contributed by atoms with E-state index in [1.165, 1.54) is 16.5 Å². The van der Waals surface area contributed by atoms with Crippen LogP contribution in [0, 0.1) is 0 Å². The molecule has 1 aromatic carbocycles. The Kier molecular flexibility index (Phi) is 2.19. The smallest absolute Gasteiger partial charge is 0.0662 e. The molecule has 0 amide bonds. The van der Waals surface area contributed by atoms with Gasteiger partial charge in [-0.15, -0.1) is 0 Å². The molecule has 1 aromatic heterocycles. The van der Waals surface area contributed by atoms with Crippen LogP contribution in [0.1, 0.15) is 11.6 Å². The zero-order chi connectivity index (χ0) is 10.1. The Morgan fingerprint density at radius 1 is 1.27 bits per heavy atom. The highest BCUT2D eigenvalue weighted by Gasteiger charge is 2.17. The third-order valence-corrected chi connectivity index (χ3v) is 2.93. The van der Waals surface area contributed by atoms with E-state index >= 15 is 0 Å². The maximum Gasteiger partial charge on any atom is 0.0662 e. The molecule has 1 saturated heterocycles. The summed E-state index contributed by atoms with van der Waals surface area (Å²) in [5, 5.41) is 4.77. The minimum atomic E-state index is 0.332. The van der Waals surface area contributed by atoms with Crippen LogP contribution in [-0.2, 0) is 4.74 Å². The molecule has 2 aromatic rings. The summed E-state index contributed by atoms with van der Waals surface area (Å²) < 4.78 is 5.49. The minimum Gasteiger partial charge on any atom is -0.378 e. The van der Waals surface area contributed by atoms with E-state index in [9.17, 15) is 0 Å². The summed E-state index contributed by atoms with van der Waals surface area (Å²) in [6.07, 6.45) is 1.98. The van der Waals surface area contributed by atoms with Crippen molar-refractivity contribution in [1.82, 2.24) is 10.3 Å². The van der Waals surface area contributed by atoms with Gasteiger partial charge in [-0.25, -0.2) is 0 Å². The lowest BCUT2D eigenvalue weighted by Gasteiger charge is -2.24. The maximum atomic E-state index is 5.49. The van der Waals surface area contributed by atoms with Gasteiger partial charge in [-0.2, -0.15) is 0 Å². The van der Waals surface area contributed by atoms with Crippen molar-refractivity contribution in [1.29, 1.82) is 0 Å². The largest absolute Gasteiger partial charge is 0.378 e. The monoisotopic (exact) mass is 202 g/mol. The molecule has 0 bridgehead atoms. The van der Waals surface area contributed by atoms with Crippen LogP contribution in [0.3, 0.4) is 0 Å². The fourth-order valence-electron chi connectivity index (χ4n) is 2.18. The molecule has 1 unspecified atom stereocenters. The molecule has 1 aliphatic heterocycles. The van der Waals surface area contributed by atoms with Crippen molar-refractivity contribution in [2.75, 3.05) is 19.8 Å². The highest BCUT2D eigenvalue weighted by Crippen LogP contribution is 2.24. The number of ether oxygens (including phenoxy) is 1. The van der Waals surface area contributed by atoms with Crippen LogP contribution >= 0.6 is 0 Å². The van der Waals surface area contributed by atoms with E-state index in [1.807, 2.05) is 6.20 Å². The lowest BCUT2D eigenvalue weighted by Crippen LogP contribution is -2.34. The number of benzene rings is 1. The molecule has 2 heterocycles. The summed E-state index contributed by atoms with van der Waals surface area (Å²) in [4.78, 5) is 3.23. The molecule has 3 heteroatoms. The van der Waals surface area contributed by atoms with Crippen LogP contribution in [0.15, 0.2) is 30.5 Å². The zero-order valence-corrected chi connectivity index (χ0v) is 8.49. The predicted octanol–water partition coefficient (Wildman–Crippen LogP) is 1.83. The van der Waals surface area contributed by atoms with Crippen molar-refractivity contribution in [2.24, 2.45) is 0 Å². The second-order valence-corrected chi connectivity index (χ2v) is 3.87. The van der Waals surface area contributed by atoms with E-state index in [0.717, 1.165) is 19.8 Å². The van der Waals surface area contributed by atoms with Gasteiger partial charge in [0.25, 0.3) is 0 Å². The van der Waals surface area contributed by atoms with Crippen molar-refractivity contribution in [3.8, 4) is 0 Å². The first kappa shape index (κ1) is 8.95. The van der Waals surface area contributed by atoms with Crippen LogP contribution in [0.2, 0.25) is 0 Å². The van der Waals surface area contributed by atoms with Gasteiger partial charge in [0.05, 0.1) is 19.3 Å². The summed E-state index contributed by atoms with van der Waals surface area (Å²) in [6.45, 7) is 2.52. The molecule has 0 aliphatic carbocycles. The first-order valence-corrected chi connectivity index (χ1v) is 5.32. The second kappa shape index (κ2) is 3.68. The van der Waals surface area contributed by atoms with Gasteiger partial charge in [0.1, 0.15) is 0 Å². The molecule has 0 radical (unpaired) electrons. The van der Waals surface area contributed by atoms with Crippen molar-refractivity contribution < 1.29 is 4.74 Å². The average molecular weight is 202 g/mol. The second-order valence-electron chi connectivity index (χ2n) is 3.87. The van der Waals surface area contributed by atoms with Crippen molar-refractivity contribution in [2.45, 2.75) is 6.04 Å². The van der Waals surface area contributed by atoms with Crippen LogP contribution < -0.4 is 5.32 Å². The highest BCUT2D eigenvalue weighted by molar-refractivity contribution is 5.83. The Morgan fingerprint density at radius 2 is 2.27 bits per heavy atom. The fourth-order valence-corrected chi connectivity index (χ4v) is 2.18. The quantitative estimate of drug-likeness (QED) is 0.740. The third-order valence-electron chi connectivity index (χ3n) is 2.93. The molecule has 1 aliphatic rings. The average Bonchev–Trinajstić information content (AvgIpc) is 2.78. The molecular weight excluding hydrogens is 188 g/mol. The number of nitrogens with one attached hydrogen (secondary N) is 2. The Labute approximate surface area is 88.4 Å². The normalized spacial score (nSPS) is 22.0. The fraction of sp³-hybridized carbons (Fsp3) is 0.333. The lowest BCUT2D eigenvalue weighted by molar-refractivity contribution is 0.0773. The Morgan fingerprint density at radius 3 is 3.13 bits per heavy atom. The summed E-state index contributed by atoms with van der Waals surface area (Å²) in [6, 6.07) is 8.81. The van der Waals surface area contributed by atoms with Gasteiger partial charge in [0.15, 0.2) is 0 Å². The van der Waals surface area contributed by atoms with Crippen molar-refractivity contribution in [3.05, 3.63) is 36.0 Å². The molecular formula is C12H14N2O. The number of H-pyrrole nitrogens is 1. The number of morpholine rings is 1. The van der Waals surface area contributed by atoms with Crippen LogP contribution in [0.25, 0.3) is 10.9 Å². The van der Waals surface area contributed by atoms with Gasteiger partial charge in [-0.05, 0) is 17.7 Å². The summed E-state index contributed by atoms with van der Waals surface area (Å²) in [5.74, 6) is 0. The third kappa shape index (κ3) is 1.54. The molecule has 2 N–H and O–H groups in total. The highest BCUT2D eigenvalue weighted by atomic mass is 16.5. The number of hydrogen-bond donors (Lipinski definition) is 2. The minimum absolute atomic E-state index is 0.332. The number of aromatic amines is 1. The Bertz CT molecular complexity index is 457. The van der Waals surface area contributed by atoms with E-state index in [4.69, 9.17) is 4.74 Å². The van der Waals surface area contributed by atoms with E-state index < -0.39 is 0 Å². The topological polar surface area (TPSA) is 37.0 Å². The summed E-state index contributed by atoms with van der Waals surface area (Å²) >= 11 is 0. The SMILES string of the molecule is c1cc(C2COCCN2)c2cc[nH]c2c1. The number of rotatable bonds is 1. The maximum absolute atomic E-state index is 5.49. The summed E-state index contributed by atoms with van der Waals surface area (Å²) in [5.41, 5.74) is 2.52. The van der Waals surface area contributed by atoms with Crippen LogP contribution in [-0.4, -0.2) is 24.7 Å². The molecule has 3 nitrogen and oxygen atoms in total. The Balaban J connectivity index is 2.05. The summed E-state index contributed by atoms with van der Waals surface area (Å²) in [7, 11) is 0. The molecule has 78 valence electrons. The molecule has 15 heavy (non-hydrogen) atoms. The van der Waals surface area contributed by atoms with Gasteiger partial charge in [-0.1, -0.05) is 12.1 Å². The molecule has 0 spiro atoms. The number of fused-ring (bicyclic) bond motifs is 1. The van der Waals surface area contributed by atoms with Gasteiger partial charge in [0, 0.05) is 23.6 Å². The van der Waals surface area contributed by atoms with Crippen molar-refractivity contribution in [3.63, 3.8) is 0 Å². The first-order valence-electron chi connectivity index (χ1n) is 5.32. The predicted molar refractivity (Wildman–Crippen MR) is 59.9 cm³/mol. The molecule has 3 rings (SSSR count). The van der Waals surface area contributed by atoms with E-state index in [2.05, 4.69) is 34.6 Å². The number of hydrogen-bond acceptors (Lipinski definition) is 2. The zero-order valence-electron chi connectivity index (χ0n) is 8.49. The van der Waals surface area contributed by atoms with Gasteiger partial charge >= 0.3 is 0 Å².